The van der Waals surface area contributed by atoms with Gasteiger partial charge >= 0.3 is 0 Å². The molecule has 0 aliphatic carbocycles. The number of carbonyl (C=O) groups excluding carboxylic acids is 1. The first-order valence-electron chi connectivity index (χ1n) is 7.21. The first-order valence-corrected chi connectivity index (χ1v) is 7.21. The normalized spacial score (nSPS) is 11.1. The lowest BCUT2D eigenvalue weighted by molar-refractivity contribution is 0.100. The summed E-state index contributed by atoms with van der Waals surface area (Å²) in [5.41, 5.74) is 14.3. The van der Waals surface area contributed by atoms with E-state index in [2.05, 4.69) is 4.98 Å². The van der Waals surface area contributed by atoms with E-state index in [9.17, 15) is 4.79 Å². The van der Waals surface area contributed by atoms with Crippen molar-refractivity contribution >= 4 is 33.7 Å². The van der Waals surface area contributed by atoms with E-state index >= 15 is 0 Å². The maximum atomic E-state index is 11.6. The van der Waals surface area contributed by atoms with E-state index in [1.54, 1.807) is 6.07 Å². The number of hydrogen-bond donors (Lipinski definition) is 2. The molecule has 4 aromatic rings. The van der Waals surface area contributed by atoms with Crippen LogP contribution in [0.3, 0.4) is 0 Å². The molecule has 2 aromatic heterocycles. The number of nitrogens with zero attached hydrogens (tertiary/aromatic N) is 2. The lowest BCUT2D eigenvalue weighted by atomic mass is 10.1. The van der Waals surface area contributed by atoms with E-state index in [-0.39, 0.29) is 11.4 Å². The fourth-order valence-electron chi connectivity index (χ4n) is 2.93. The number of benzene rings is 2. The molecule has 2 aromatic carbocycles. The van der Waals surface area contributed by atoms with Crippen LogP contribution in [-0.4, -0.2) is 15.5 Å². The van der Waals surface area contributed by atoms with Gasteiger partial charge in [-0.25, -0.2) is 4.98 Å². The highest BCUT2D eigenvalue weighted by atomic mass is 16.1. The number of pyridine rings is 1. The second-order valence-corrected chi connectivity index (χ2v) is 5.34. The Bertz CT molecular complexity index is 1050. The Kier molecular flexibility index (Phi) is 2.81. The van der Waals surface area contributed by atoms with E-state index in [0.29, 0.717) is 5.65 Å². The zero-order valence-electron chi connectivity index (χ0n) is 12.2. The third-order valence-corrected chi connectivity index (χ3v) is 3.96. The number of amides is 1. The van der Waals surface area contributed by atoms with Crippen LogP contribution in [0.25, 0.3) is 27.6 Å². The van der Waals surface area contributed by atoms with Crippen molar-refractivity contribution in [1.82, 2.24) is 9.55 Å². The van der Waals surface area contributed by atoms with Gasteiger partial charge in [0.25, 0.3) is 5.91 Å². The molecule has 0 fully saturated rings. The molecule has 5 nitrogen and oxygen atoms in total. The molecule has 0 saturated carbocycles. The molecule has 0 atom stereocenters. The summed E-state index contributed by atoms with van der Waals surface area (Å²) >= 11 is 0. The second kappa shape index (κ2) is 4.84. The average Bonchev–Trinajstić information content (AvgIpc) is 2.88. The highest BCUT2D eigenvalue weighted by molar-refractivity contribution is 6.11. The Hall–Kier alpha value is -3.34. The number of nitrogen functional groups attached to an aromatic ring is 1. The number of primary amides is 1. The summed E-state index contributed by atoms with van der Waals surface area (Å²) in [6.45, 7) is 0. The maximum Gasteiger partial charge on any atom is 0.252 e. The van der Waals surface area contributed by atoms with E-state index < -0.39 is 5.91 Å². The quantitative estimate of drug-likeness (QED) is 0.597. The number of aromatic nitrogens is 2. The van der Waals surface area contributed by atoms with Crippen molar-refractivity contribution in [3.05, 3.63) is 66.2 Å². The monoisotopic (exact) mass is 302 g/mol. The number of para-hydroxylation sites is 2. The number of fused-ring (bicyclic) bond motifs is 3. The fourth-order valence-corrected chi connectivity index (χ4v) is 2.93. The summed E-state index contributed by atoms with van der Waals surface area (Å²) in [5.74, 6) is -0.432. The van der Waals surface area contributed by atoms with Crippen LogP contribution >= 0.6 is 0 Å². The summed E-state index contributed by atoms with van der Waals surface area (Å²) in [6.07, 6.45) is 0. The molecule has 0 aliphatic rings. The van der Waals surface area contributed by atoms with Gasteiger partial charge in [-0.2, -0.15) is 0 Å². The van der Waals surface area contributed by atoms with Gasteiger partial charge in [-0.15, -0.1) is 0 Å². The van der Waals surface area contributed by atoms with Crippen molar-refractivity contribution in [2.45, 2.75) is 0 Å². The minimum Gasteiger partial charge on any atom is -0.383 e. The van der Waals surface area contributed by atoms with Crippen molar-refractivity contribution in [2.24, 2.45) is 5.73 Å². The van der Waals surface area contributed by atoms with E-state index in [1.807, 2.05) is 59.2 Å². The average molecular weight is 302 g/mol. The number of nitrogens with two attached hydrogens (primary N) is 2. The summed E-state index contributed by atoms with van der Waals surface area (Å²) in [6, 6.07) is 19.6. The zero-order valence-corrected chi connectivity index (χ0v) is 12.2. The first kappa shape index (κ1) is 13.3. The zero-order chi connectivity index (χ0) is 16.0. The summed E-state index contributed by atoms with van der Waals surface area (Å²) in [5, 5.41) is 1.86. The molecule has 0 aliphatic heterocycles. The number of carbonyl (C=O) groups is 1. The smallest absolute Gasteiger partial charge is 0.252 e. The molecule has 0 bridgehead atoms. The molecule has 0 saturated heterocycles. The number of hydrogen-bond acceptors (Lipinski definition) is 3. The second-order valence-electron chi connectivity index (χ2n) is 5.34. The highest BCUT2D eigenvalue weighted by Gasteiger charge is 2.17. The maximum absolute atomic E-state index is 11.6. The summed E-state index contributed by atoms with van der Waals surface area (Å²) in [4.78, 5) is 16.0. The van der Waals surface area contributed by atoms with E-state index in [4.69, 9.17) is 11.5 Å². The third-order valence-electron chi connectivity index (χ3n) is 3.96. The van der Waals surface area contributed by atoms with Crippen molar-refractivity contribution in [3.8, 4) is 5.69 Å². The fraction of sp³-hybridized carbons (Fsp3) is 0. The number of rotatable bonds is 2. The molecule has 1 amide bonds. The highest BCUT2D eigenvalue weighted by Crippen LogP contribution is 2.32. The van der Waals surface area contributed by atoms with Crippen LogP contribution in [-0.2, 0) is 0 Å². The van der Waals surface area contributed by atoms with Crippen LogP contribution in [0.5, 0.6) is 0 Å². The van der Waals surface area contributed by atoms with Gasteiger partial charge in [0.2, 0.25) is 0 Å². The largest absolute Gasteiger partial charge is 0.383 e. The van der Waals surface area contributed by atoms with Crippen LogP contribution in [0.1, 0.15) is 10.4 Å². The van der Waals surface area contributed by atoms with Gasteiger partial charge in [0.1, 0.15) is 11.5 Å². The van der Waals surface area contributed by atoms with E-state index in [1.165, 1.54) is 0 Å². The van der Waals surface area contributed by atoms with Crippen LogP contribution in [0, 0.1) is 0 Å². The molecular formula is C18H14N4O. The minimum atomic E-state index is -0.576. The van der Waals surface area contributed by atoms with Gasteiger partial charge in [0.05, 0.1) is 11.1 Å². The lowest BCUT2D eigenvalue weighted by Crippen LogP contribution is -2.14. The van der Waals surface area contributed by atoms with Gasteiger partial charge in [-0.3, -0.25) is 9.36 Å². The molecule has 23 heavy (non-hydrogen) atoms. The molecule has 2 heterocycles. The lowest BCUT2D eigenvalue weighted by Gasteiger charge is -2.07. The topological polar surface area (TPSA) is 86.9 Å². The first-order chi connectivity index (χ1) is 11.2. The standard InChI is InChI=1S/C18H14N4O/c19-16-14(17(20)23)10-13-12-8-4-5-9-15(12)22(18(13)21-16)11-6-2-1-3-7-11/h1-10H,(H2,19,21)(H2,20,23). The Balaban J connectivity index is 2.20. The molecule has 0 spiro atoms. The molecule has 0 radical (unpaired) electrons. The van der Waals surface area contributed by atoms with Gasteiger partial charge in [0.15, 0.2) is 0 Å². The van der Waals surface area contributed by atoms with E-state index in [0.717, 1.165) is 22.0 Å². The molecular weight excluding hydrogens is 288 g/mol. The summed E-state index contributed by atoms with van der Waals surface area (Å²) < 4.78 is 2.03. The van der Waals surface area contributed by atoms with Crippen molar-refractivity contribution in [2.75, 3.05) is 5.73 Å². The Morgan fingerprint density at radius 3 is 2.39 bits per heavy atom. The van der Waals surface area contributed by atoms with Crippen molar-refractivity contribution in [3.63, 3.8) is 0 Å². The van der Waals surface area contributed by atoms with Gasteiger partial charge in [-0.1, -0.05) is 36.4 Å². The third kappa shape index (κ3) is 1.94. The predicted octanol–water partition coefficient (Wildman–Crippen LogP) is 2.86. The van der Waals surface area contributed by atoms with Gasteiger partial charge in [0, 0.05) is 16.5 Å². The number of anilines is 1. The molecule has 4 rings (SSSR count). The minimum absolute atomic E-state index is 0.144. The Labute approximate surface area is 132 Å². The SMILES string of the molecule is NC(=O)c1cc2c3ccccc3n(-c3ccccc3)c2nc1N. The Morgan fingerprint density at radius 1 is 0.957 bits per heavy atom. The van der Waals surface area contributed by atoms with Crippen molar-refractivity contribution < 1.29 is 4.79 Å². The van der Waals surface area contributed by atoms with Crippen molar-refractivity contribution in [1.29, 1.82) is 0 Å². The van der Waals surface area contributed by atoms with Crippen LogP contribution in [0.15, 0.2) is 60.7 Å². The van der Waals surface area contributed by atoms with Gasteiger partial charge < -0.3 is 11.5 Å². The molecule has 4 N–H and O–H groups in total. The van der Waals surface area contributed by atoms with Crippen LogP contribution in [0.2, 0.25) is 0 Å². The van der Waals surface area contributed by atoms with Crippen LogP contribution in [0.4, 0.5) is 5.82 Å². The molecule has 0 unspecified atom stereocenters. The molecule has 5 heteroatoms. The Morgan fingerprint density at radius 2 is 1.65 bits per heavy atom. The predicted molar refractivity (Wildman–Crippen MR) is 91.5 cm³/mol. The molecule has 112 valence electrons. The van der Waals surface area contributed by atoms with Gasteiger partial charge in [-0.05, 0) is 24.3 Å². The summed E-state index contributed by atoms with van der Waals surface area (Å²) in [7, 11) is 0. The van der Waals surface area contributed by atoms with Crippen LogP contribution < -0.4 is 11.5 Å².